The fourth-order valence-corrected chi connectivity index (χ4v) is 2.66. The molecule has 0 unspecified atom stereocenters. The van der Waals surface area contributed by atoms with Gasteiger partial charge in [0.2, 0.25) is 0 Å². The molecule has 0 aliphatic carbocycles. The number of fused-ring (bicyclic) bond motifs is 1. The molecule has 6 heteroatoms. The summed E-state index contributed by atoms with van der Waals surface area (Å²) in [6.45, 7) is 1.74. The number of hydrazone groups is 1. The van der Waals surface area contributed by atoms with Crippen molar-refractivity contribution in [3.05, 3.63) is 70.7 Å². The third-order valence-corrected chi connectivity index (χ3v) is 4.18. The second-order valence-corrected chi connectivity index (χ2v) is 5.90. The summed E-state index contributed by atoms with van der Waals surface area (Å²) in [5, 5.41) is 25.8. The molecule has 0 fully saturated rings. The van der Waals surface area contributed by atoms with Crippen LogP contribution in [0.1, 0.15) is 22.8 Å². The van der Waals surface area contributed by atoms with E-state index in [1.54, 1.807) is 13.0 Å². The van der Waals surface area contributed by atoms with Crippen LogP contribution in [0, 0.1) is 0 Å². The van der Waals surface area contributed by atoms with Gasteiger partial charge in [0.05, 0.1) is 22.0 Å². The Kier molecular flexibility index (Phi) is 4.59. The van der Waals surface area contributed by atoms with Crippen molar-refractivity contribution in [1.29, 1.82) is 0 Å². The Morgan fingerprint density at radius 2 is 1.88 bits per heavy atom. The molecule has 5 nitrogen and oxygen atoms in total. The second-order valence-electron chi connectivity index (χ2n) is 5.49. The number of carboxylic acids is 1. The van der Waals surface area contributed by atoms with E-state index in [0.717, 1.165) is 10.8 Å². The highest BCUT2D eigenvalue weighted by atomic mass is 35.5. The van der Waals surface area contributed by atoms with Crippen LogP contribution in [0.15, 0.2) is 59.7 Å². The molecule has 3 aromatic carbocycles. The summed E-state index contributed by atoms with van der Waals surface area (Å²) in [6, 6.07) is 15.5. The van der Waals surface area contributed by atoms with Gasteiger partial charge < -0.3 is 10.2 Å². The van der Waals surface area contributed by atoms with Gasteiger partial charge in [-0.15, -0.1) is 0 Å². The third-order valence-electron chi connectivity index (χ3n) is 3.85. The lowest BCUT2D eigenvalue weighted by molar-refractivity contribution is 0.0697. The number of nitrogens with one attached hydrogen (secondary N) is 1. The van der Waals surface area contributed by atoms with E-state index in [-0.39, 0.29) is 11.3 Å². The molecule has 3 N–H and O–H groups in total. The Morgan fingerprint density at radius 3 is 2.64 bits per heavy atom. The number of phenolic OH excluding ortho intramolecular Hbond substituents is 1. The standard InChI is InChI=1S/C19H15ClN2O3/c1-11(14-8-6-12-4-2-3-5-15(12)18(14)23)21-22-17-10-13(19(24)25)7-9-16(17)20/h2-10,22-23H,1H3,(H,24,25)/b21-11+. The summed E-state index contributed by atoms with van der Waals surface area (Å²) in [4.78, 5) is 11.1. The summed E-state index contributed by atoms with van der Waals surface area (Å²) < 4.78 is 0. The van der Waals surface area contributed by atoms with E-state index in [1.165, 1.54) is 18.2 Å². The first-order chi connectivity index (χ1) is 12.0. The lowest BCUT2D eigenvalue weighted by atomic mass is 10.0. The monoisotopic (exact) mass is 354 g/mol. The van der Waals surface area contributed by atoms with Gasteiger partial charge in [0, 0.05) is 10.9 Å². The Balaban J connectivity index is 1.94. The average Bonchev–Trinajstić information content (AvgIpc) is 2.61. The molecule has 0 bridgehead atoms. The summed E-state index contributed by atoms with van der Waals surface area (Å²) in [6.07, 6.45) is 0. The Labute approximate surface area is 149 Å². The van der Waals surface area contributed by atoms with Gasteiger partial charge in [0.15, 0.2) is 0 Å². The number of nitrogens with zero attached hydrogens (tertiary/aromatic N) is 1. The number of aromatic hydroxyl groups is 1. The predicted octanol–water partition coefficient (Wildman–Crippen LogP) is 4.73. The lowest BCUT2D eigenvalue weighted by Crippen LogP contribution is -2.02. The molecule has 0 aliphatic rings. The average molecular weight is 355 g/mol. The number of rotatable bonds is 4. The van der Waals surface area contributed by atoms with Crippen LogP contribution in [0.5, 0.6) is 5.75 Å². The van der Waals surface area contributed by atoms with Crippen LogP contribution in [0.3, 0.4) is 0 Å². The number of carbonyl (C=O) groups is 1. The largest absolute Gasteiger partial charge is 0.507 e. The zero-order chi connectivity index (χ0) is 18.0. The molecule has 0 saturated carbocycles. The molecule has 3 aromatic rings. The molecule has 0 aromatic heterocycles. The number of carboxylic acid groups (broad SMARTS) is 1. The highest BCUT2D eigenvalue weighted by Gasteiger charge is 2.10. The van der Waals surface area contributed by atoms with Gasteiger partial charge in [-0.3, -0.25) is 5.43 Å². The number of aromatic carboxylic acids is 1. The summed E-state index contributed by atoms with van der Waals surface area (Å²) in [5.74, 6) is -0.904. The van der Waals surface area contributed by atoms with Gasteiger partial charge >= 0.3 is 5.97 Å². The van der Waals surface area contributed by atoms with Crippen LogP contribution in [0.25, 0.3) is 10.8 Å². The first-order valence-corrected chi connectivity index (χ1v) is 7.89. The third kappa shape index (κ3) is 3.41. The van der Waals surface area contributed by atoms with Gasteiger partial charge in [-0.05, 0) is 36.6 Å². The zero-order valence-electron chi connectivity index (χ0n) is 13.3. The first kappa shape index (κ1) is 16.8. The minimum absolute atomic E-state index is 0.105. The molecule has 25 heavy (non-hydrogen) atoms. The minimum Gasteiger partial charge on any atom is -0.507 e. The summed E-state index contributed by atoms with van der Waals surface area (Å²) in [7, 11) is 0. The first-order valence-electron chi connectivity index (χ1n) is 7.51. The number of benzene rings is 3. The molecule has 3 rings (SSSR count). The maximum Gasteiger partial charge on any atom is 0.335 e. The van der Waals surface area contributed by atoms with Gasteiger partial charge in [0.25, 0.3) is 0 Å². The van der Waals surface area contributed by atoms with Crippen molar-refractivity contribution in [2.45, 2.75) is 6.92 Å². The number of hydrogen-bond donors (Lipinski definition) is 3. The zero-order valence-corrected chi connectivity index (χ0v) is 14.1. The highest BCUT2D eigenvalue weighted by molar-refractivity contribution is 6.33. The SMILES string of the molecule is C/C(=N\Nc1cc(C(=O)O)ccc1Cl)c1ccc2ccccc2c1O. The van der Waals surface area contributed by atoms with Crippen molar-refractivity contribution in [2.24, 2.45) is 5.10 Å². The molecule has 0 saturated heterocycles. The van der Waals surface area contributed by atoms with Gasteiger partial charge in [-0.2, -0.15) is 5.10 Å². The van der Waals surface area contributed by atoms with Crippen molar-refractivity contribution in [2.75, 3.05) is 5.43 Å². The van der Waals surface area contributed by atoms with E-state index in [2.05, 4.69) is 10.5 Å². The molecule has 0 radical (unpaired) electrons. The van der Waals surface area contributed by atoms with Crippen LogP contribution in [-0.4, -0.2) is 21.9 Å². The fourth-order valence-electron chi connectivity index (χ4n) is 2.50. The molecular formula is C19H15ClN2O3. The quantitative estimate of drug-likeness (QED) is 0.467. The van der Waals surface area contributed by atoms with Crippen LogP contribution in [-0.2, 0) is 0 Å². The van der Waals surface area contributed by atoms with Crippen LogP contribution in [0.4, 0.5) is 5.69 Å². The van der Waals surface area contributed by atoms with E-state index in [9.17, 15) is 9.90 Å². The summed E-state index contributed by atoms with van der Waals surface area (Å²) >= 11 is 6.07. The second kappa shape index (κ2) is 6.83. The highest BCUT2D eigenvalue weighted by Crippen LogP contribution is 2.29. The van der Waals surface area contributed by atoms with Gasteiger partial charge in [-0.25, -0.2) is 4.79 Å². The van der Waals surface area contributed by atoms with Gasteiger partial charge in [-0.1, -0.05) is 41.9 Å². The van der Waals surface area contributed by atoms with E-state index in [4.69, 9.17) is 16.7 Å². The smallest absolute Gasteiger partial charge is 0.335 e. The Hall–Kier alpha value is -3.05. The van der Waals surface area contributed by atoms with E-state index >= 15 is 0 Å². The maximum atomic E-state index is 11.1. The molecule has 0 spiro atoms. The molecule has 0 heterocycles. The van der Waals surface area contributed by atoms with Crippen LogP contribution >= 0.6 is 11.6 Å². The molecule has 0 atom stereocenters. The normalized spacial score (nSPS) is 11.5. The number of phenols is 1. The van der Waals surface area contributed by atoms with Crippen molar-refractivity contribution in [1.82, 2.24) is 0 Å². The molecular weight excluding hydrogens is 340 g/mol. The Morgan fingerprint density at radius 1 is 1.12 bits per heavy atom. The fraction of sp³-hybridized carbons (Fsp3) is 0.0526. The minimum atomic E-state index is -1.05. The lowest BCUT2D eigenvalue weighted by Gasteiger charge is -2.09. The van der Waals surface area contributed by atoms with Crippen molar-refractivity contribution in [3.8, 4) is 5.75 Å². The number of halogens is 1. The van der Waals surface area contributed by atoms with Crippen LogP contribution in [0.2, 0.25) is 5.02 Å². The van der Waals surface area contributed by atoms with E-state index in [1.807, 2.05) is 30.3 Å². The number of hydrogen-bond acceptors (Lipinski definition) is 4. The van der Waals surface area contributed by atoms with Crippen molar-refractivity contribution < 1.29 is 15.0 Å². The van der Waals surface area contributed by atoms with E-state index < -0.39 is 5.97 Å². The molecule has 126 valence electrons. The predicted molar refractivity (Wildman–Crippen MR) is 99.9 cm³/mol. The number of anilines is 1. The van der Waals surface area contributed by atoms with Crippen molar-refractivity contribution >= 4 is 39.7 Å². The molecule has 0 amide bonds. The Bertz CT molecular complexity index is 999. The summed E-state index contributed by atoms with van der Waals surface area (Å²) in [5.41, 5.74) is 4.37. The maximum absolute atomic E-state index is 11.1. The topological polar surface area (TPSA) is 81.9 Å². The van der Waals surface area contributed by atoms with Crippen LogP contribution < -0.4 is 5.43 Å². The van der Waals surface area contributed by atoms with Crippen molar-refractivity contribution in [3.63, 3.8) is 0 Å². The molecule has 0 aliphatic heterocycles. The van der Waals surface area contributed by atoms with Gasteiger partial charge in [0.1, 0.15) is 5.75 Å². The van der Waals surface area contributed by atoms with E-state index in [0.29, 0.717) is 22.0 Å².